The highest BCUT2D eigenvalue weighted by Crippen LogP contribution is 2.42. The highest BCUT2D eigenvalue weighted by molar-refractivity contribution is 8.04. The molecular weight excluding hydrogens is 456 g/mol. The van der Waals surface area contributed by atoms with Gasteiger partial charge in [-0.3, -0.25) is 9.59 Å². The molecule has 2 fully saturated rings. The van der Waals surface area contributed by atoms with Crippen molar-refractivity contribution in [3.05, 3.63) is 75.1 Å². The first-order chi connectivity index (χ1) is 16.0. The van der Waals surface area contributed by atoms with Crippen LogP contribution in [-0.4, -0.2) is 48.3 Å². The summed E-state index contributed by atoms with van der Waals surface area (Å²) < 4.78 is 4.96. The second-order valence-corrected chi connectivity index (χ2v) is 10.2. The molecule has 5 nitrogen and oxygen atoms in total. The molecule has 0 radical (unpaired) electrons. The molecule has 4 rings (SSSR count). The molecule has 1 aliphatic carbocycles. The molecule has 2 atom stereocenters. The Balaban J connectivity index is 1.53. The van der Waals surface area contributed by atoms with Crippen LogP contribution in [0.3, 0.4) is 0 Å². The summed E-state index contributed by atoms with van der Waals surface area (Å²) in [6, 6.07) is 15.4. The number of hydrogen-bond acceptors (Lipinski definition) is 4. The van der Waals surface area contributed by atoms with Crippen LogP contribution in [0.1, 0.15) is 47.2 Å². The third-order valence-electron chi connectivity index (χ3n) is 6.12. The Morgan fingerprint density at radius 2 is 2.00 bits per heavy atom. The van der Waals surface area contributed by atoms with Crippen LogP contribution in [0.15, 0.2) is 53.4 Å². The fourth-order valence-electron chi connectivity index (χ4n) is 4.44. The molecule has 1 heterocycles. The third-order valence-corrected chi connectivity index (χ3v) is 7.76. The number of methoxy groups -OCH3 is 1. The van der Waals surface area contributed by atoms with Crippen LogP contribution in [0.4, 0.5) is 0 Å². The van der Waals surface area contributed by atoms with E-state index in [4.69, 9.17) is 16.3 Å². The largest absolute Gasteiger partial charge is 0.383 e. The number of ether oxygens (including phenoxy) is 1. The lowest BCUT2D eigenvalue weighted by molar-refractivity contribution is -0.130. The van der Waals surface area contributed by atoms with Crippen LogP contribution in [0, 0.1) is 0 Å². The fraction of sp³-hybridized carbons (Fsp3) is 0.385. The van der Waals surface area contributed by atoms with Crippen molar-refractivity contribution in [3.8, 4) is 0 Å². The zero-order valence-electron chi connectivity index (χ0n) is 18.8. The molecular formula is C26H29ClN2O3S. The predicted octanol–water partition coefficient (Wildman–Crippen LogP) is 5.14. The Morgan fingerprint density at radius 1 is 1.21 bits per heavy atom. The van der Waals surface area contributed by atoms with Gasteiger partial charge >= 0.3 is 0 Å². The molecule has 2 aliphatic rings. The summed E-state index contributed by atoms with van der Waals surface area (Å²) in [6.45, 7) is 1.51. The smallest absolute Gasteiger partial charge is 0.260 e. The molecule has 1 saturated heterocycles. The minimum atomic E-state index is -0.132. The average molecular weight is 485 g/mol. The highest BCUT2D eigenvalue weighted by atomic mass is 35.5. The lowest BCUT2D eigenvalue weighted by Crippen LogP contribution is -2.50. The van der Waals surface area contributed by atoms with Gasteiger partial charge in [0.1, 0.15) is 0 Å². The summed E-state index contributed by atoms with van der Waals surface area (Å²) >= 11 is 7.90. The van der Waals surface area contributed by atoms with Crippen molar-refractivity contribution in [1.29, 1.82) is 0 Å². The number of nitrogens with one attached hydrogen (secondary N) is 1. The molecule has 7 heteroatoms. The van der Waals surface area contributed by atoms with Gasteiger partial charge in [0.25, 0.3) is 11.8 Å². The number of nitrogens with zero attached hydrogens (tertiary/aromatic N) is 1. The van der Waals surface area contributed by atoms with Gasteiger partial charge in [-0.25, -0.2) is 0 Å². The van der Waals surface area contributed by atoms with Gasteiger partial charge in [-0.1, -0.05) is 48.7 Å². The summed E-state index contributed by atoms with van der Waals surface area (Å²) in [5.41, 5.74) is 2.55. The molecule has 2 amide bonds. The summed E-state index contributed by atoms with van der Waals surface area (Å²) in [6.07, 6.45) is 6.48. The molecule has 33 heavy (non-hydrogen) atoms. The fourth-order valence-corrected chi connectivity index (χ4v) is 6.13. The molecule has 0 spiro atoms. The van der Waals surface area contributed by atoms with Crippen molar-refractivity contribution in [2.75, 3.05) is 20.3 Å². The number of rotatable bonds is 7. The van der Waals surface area contributed by atoms with E-state index < -0.39 is 0 Å². The zero-order chi connectivity index (χ0) is 23.2. The van der Waals surface area contributed by atoms with Crippen molar-refractivity contribution in [2.24, 2.45) is 0 Å². The predicted molar refractivity (Wildman–Crippen MR) is 134 cm³/mol. The first-order valence-corrected chi connectivity index (χ1v) is 12.6. The van der Waals surface area contributed by atoms with Gasteiger partial charge in [0.2, 0.25) is 0 Å². The Morgan fingerprint density at radius 3 is 2.76 bits per heavy atom. The monoisotopic (exact) mass is 484 g/mol. The van der Waals surface area contributed by atoms with Crippen molar-refractivity contribution < 1.29 is 14.3 Å². The number of thioether (sulfide) groups is 1. The van der Waals surface area contributed by atoms with Crippen LogP contribution in [0.5, 0.6) is 0 Å². The van der Waals surface area contributed by atoms with E-state index in [1.165, 1.54) is 6.42 Å². The molecule has 2 aromatic carbocycles. The van der Waals surface area contributed by atoms with Gasteiger partial charge in [0.05, 0.1) is 11.5 Å². The number of hydrogen-bond donors (Lipinski definition) is 1. The normalized spacial score (nSPS) is 21.7. The summed E-state index contributed by atoms with van der Waals surface area (Å²) in [5, 5.41) is 3.92. The van der Waals surface area contributed by atoms with E-state index in [9.17, 15) is 9.59 Å². The first kappa shape index (κ1) is 23.9. The van der Waals surface area contributed by atoms with E-state index in [0.717, 1.165) is 35.3 Å². The maximum Gasteiger partial charge on any atom is 0.260 e. The Hall–Kier alpha value is -2.28. The summed E-state index contributed by atoms with van der Waals surface area (Å²) in [7, 11) is 1.60. The van der Waals surface area contributed by atoms with Crippen LogP contribution in [0.25, 0.3) is 6.08 Å². The van der Waals surface area contributed by atoms with Gasteiger partial charge in [-0.2, -0.15) is 0 Å². The van der Waals surface area contributed by atoms with Crippen molar-refractivity contribution >= 4 is 41.3 Å². The standard InChI is InChI=1S/C26H29ClN2O3S/c1-32-14-13-28-25(30)20-11-9-18(10-12-20)16-24-26(31)29(17-19-5-4-6-21(27)15-19)22-7-2-3-8-23(22)33-24/h4-6,9-12,15-16,22-23H,2-3,7-8,13-14,17H2,1H3,(H,28,30)/b24-16+. The van der Waals surface area contributed by atoms with Gasteiger partial charge in [0, 0.05) is 42.1 Å². The number of amides is 2. The molecule has 0 bridgehead atoms. The molecule has 0 aromatic heterocycles. The van der Waals surface area contributed by atoms with Crippen LogP contribution < -0.4 is 5.32 Å². The zero-order valence-corrected chi connectivity index (χ0v) is 20.3. The number of halogens is 1. The second-order valence-electron chi connectivity index (χ2n) is 8.45. The van der Waals surface area contributed by atoms with E-state index in [2.05, 4.69) is 5.32 Å². The van der Waals surface area contributed by atoms with Crippen molar-refractivity contribution in [3.63, 3.8) is 0 Å². The SMILES string of the molecule is COCCNC(=O)c1ccc(/C=C2/SC3CCCCC3N(Cc3cccc(Cl)c3)C2=O)cc1. The van der Waals surface area contributed by atoms with Crippen molar-refractivity contribution in [1.82, 2.24) is 10.2 Å². The van der Waals surface area contributed by atoms with E-state index in [-0.39, 0.29) is 17.9 Å². The maximum absolute atomic E-state index is 13.5. The molecule has 2 unspecified atom stereocenters. The third kappa shape index (κ3) is 5.99. The van der Waals surface area contributed by atoms with Crippen molar-refractivity contribution in [2.45, 2.75) is 43.5 Å². The Labute approximate surface area is 204 Å². The number of benzene rings is 2. The molecule has 174 valence electrons. The molecule has 1 N–H and O–H groups in total. The van der Waals surface area contributed by atoms with E-state index in [0.29, 0.717) is 35.5 Å². The topological polar surface area (TPSA) is 58.6 Å². The van der Waals surface area contributed by atoms with E-state index in [1.54, 1.807) is 31.0 Å². The first-order valence-electron chi connectivity index (χ1n) is 11.4. The minimum Gasteiger partial charge on any atom is -0.383 e. The lowest BCUT2D eigenvalue weighted by Gasteiger charge is -2.44. The average Bonchev–Trinajstić information content (AvgIpc) is 2.82. The summed E-state index contributed by atoms with van der Waals surface area (Å²) in [4.78, 5) is 28.5. The van der Waals surface area contributed by atoms with E-state index >= 15 is 0 Å². The molecule has 2 aromatic rings. The lowest BCUT2D eigenvalue weighted by atomic mass is 9.92. The minimum absolute atomic E-state index is 0.0736. The van der Waals surface area contributed by atoms with Gasteiger partial charge in [-0.05, 0) is 54.3 Å². The quantitative estimate of drug-likeness (QED) is 0.436. The van der Waals surface area contributed by atoms with Gasteiger partial charge < -0.3 is 15.0 Å². The number of carbonyl (C=O) groups excluding carboxylic acids is 2. The maximum atomic E-state index is 13.5. The second kappa shape index (κ2) is 11.2. The summed E-state index contributed by atoms with van der Waals surface area (Å²) in [5.74, 6) is -0.0587. The molecule has 1 saturated carbocycles. The van der Waals surface area contributed by atoms with Gasteiger partial charge in [-0.15, -0.1) is 11.8 Å². The number of fused-ring (bicyclic) bond motifs is 1. The Kier molecular flexibility index (Phi) is 8.12. The van der Waals surface area contributed by atoms with Crippen LogP contribution in [0.2, 0.25) is 5.02 Å². The molecule has 1 aliphatic heterocycles. The number of carbonyl (C=O) groups is 2. The van der Waals surface area contributed by atoms with Gasteiger partial charge in [0.15, 0.2) is 0 Å². The van der Waals surface area contributed by atoms with Crippen LogP contribution >= 0.6 is 23.4 Å². The van der Waals surface area contributed by atoms with Crippen LogP contribution in [-0.2, 0) is 16.1 Å². The highest BCUT2D eigenvalue weighted by Gasteiger charge is 2.40. The Bertz CT molecular complexity index is 1020. The van der Waals surface area contributed by atoms with E-state index in [1.807, 2.05) is 47.4 Å².